The van der Waals surface area contributed by atoms with Crippen molar-refractivity contribution in [2.45, 2.75) is 0 Å². The van der Waals surface area contributed by atoms with E-state index in [4.69, 9.17) is 13.7 Å². The lowest BCUT2D eigenvalue weighted by Crippen LogP contribution is -2.26. The Hall–Kier alpha value is -3.90. The lowest BCUT2D eigenvalue weighted by Gasteiger charge is -2.27. The lowest BCUT2D eigenvalue weighted by atomic mass is 10.1. The summed E-state index contributed by atoms with van der Waals surface area (Å²) >= 11 is -1.60. The molecule has 188 valence electrons. The first-order valence-electron chi connectivity index (χ1n) is 10.6. The maximum atomic E-state index is 15.4. The number of aromatic nitrogens is 3. The highest BCUT2D eigenvalue weighted by Gasteiger charge is 2.26. The van der Waals surface area contributed by atoms with Gasteiger partial charge in [-0.2, -0.15) is 0 Å². The zero-order valence-corrected chi connectivity index (χ0v) is 20.4. The van der Waals surface area contributed by atoms with Crippen LogP contribution in [0.25, 0.3) is 16.6 Å². The zero-order valence-electron chi connectivity index (χ0n) is 19.6. The molecule has 2 heterocycles. The number of hydrogen-bond donors (Lipinski definition) is 0. The minimum absolute atomic E-state index is 0.105. The molecule has 0 aliphatic heterocycles. The van der Waals surface area contributed by atoms with Crippen molar-refractivity contribution >= 4 is 33.4 Å². The number of rotatable bonds is 9. The van der Waals surface area contributed by atoms with Crippen LogP contribution < -0.4 is 19.9 Å². The van der Waals surface area contributed by atoms with Gasteiger partial charge in [0.1, 0.15) is 12.0 Å². The molecular formula is C24H22F2N4O5S. The van der Waals surface area contributed by atoms with E-state index < -0.39 is 34.0 Å². The summed E-state index contributed by atoms with van der Waals surface area (Å²) in [4.78, 5) is 22.9. The van der Waals surface area contributed by atoms with Gasteiger partial charge in [-0.3, -0.25) is 18.5 Å². The van der Waals surface area contributed by atoms with Gasteiger partial charge in [-0.05, 0) is 30.3 Å². The van der Waals surface area contributed by atoms with Crippen molar-refractivity contribution in [2.24, 2.45) is 0 Å². The third kappa shape index (κ3) is 4.90. The molecule has 0 N–H and O–H groups in total. The molecule has 2 aromatic heterocycles. The summed E-state index contributed by atoms with van der Waals surface area (Å²) in [6.07, 6.45) is 5.81. The highest BCUT2D eigenvalue weighted by atomic mass is 32.2. The van der Waals surface area contributed by atoms with Crippen LogP contribution in [-0.2, 0) is 15.3 Å². The van der Waals surface area contributed by atoms with E-state index in [-0.39, 0.29) is 35.7 Å². The Bertz CT molecular complexity index is 1460. The molecule has 0 radical (unpaired) electrons. The number of fused-ring (bicyclic) bond motifs is 1. The largest absolute Gasteiger partial charge is 0.493 e. The molecule has 0 spiro atoms. The first kappa shape index (κ1) is 25.2. The predicted molar refractivity (Wildman–Crippen MR) is 132 cm³/mol. The van der Waals surface area contributed by atoms with Crippen LogP contribution in [0.2, 0.25) is 0 Å². The van der Waals surface area contributed by atoms with E-state index >= 15 is 8.78 Å². The molecular weight excluding hydrogens is 494 g/mol. The van der Waals surface area contributed by atoms with Gasteiger partial charge in [0.05, 0.1) is 43.6 Å². The second-order valence-electron chi connectivity index (χ2n) is 7.47. The number of anilines is 2. The van der Waals surface area contributed by atoms with E-state index in [1.54, 1.807) is 30.5 Å². The van der Waals surface area contributed by atoms with Crippen LogP contribution in [0.4, 0.5) is 20.2 Å². The molecule has 4 aromatic rings. The molecule has 0 aliphatic rings. The van der Waals surface area contributed by atoms with Crippen molar-refractivity contribution in [2.75, 3.05) is 38.5 Å². The van der Waals surface area contributed by atoms with Gasteiger partial charge in [-0.25, -0.2) is 18.0 Å². The van der Waals surface area contributed by atoms with Crippen LogP contribution >= 0.6 is 0 Å². The summed E-state index contributed by atoms with van der Waals surface area (Å²) < 4.78 is 58.8. The lowest BCUT2D eigenvalue weighted by molar-refractivity contribution is 0.351. The van der Waals surface area contributed by atoms with Gasteiger partial charge in [0.25, 0.3) is 5.56 Å². The Balaban J connectivity index is 1.91. The van der Waals surface area contributed by atoms with Crippen LogP contribution in [-0.4, -0.2) is 52.4 Å². The summed E-state index contributed by atoms with van der Waals surface area (Å²) in [5.41, 5.74) is 0.285. The highest BCUT2D eigenvalue weighted by molar-refractivity contribution is 7.79. The second-order valence-corrected chi connectivity index (χ2v) is 8.50. The predicted octanol–water partition coefficient (Wildman–Crippen LogP) is 3.52. The highest BCUT2D eigenvalue weighted by Crippen LogP contribution is 2.40. The quantitative estimate of drug-likeness (QED) is 0.334. The van der Waals surface area contributed by atoms with Crippen molar-refractivity contribution in [1.29, 1.82) is 0 Å². The summed E-state index contributed by atoms with van der Waals surface area (Å²) in [5.74, 6) is -2.44. The van der Waals surface area contributed by atoms with Crippen LogP contribution in [0.1, 0.15) is 0 Å². The Kier molecular flexibility index (Phi) is 7.55. The minimum Gasteiger partial charge on any atom is -0.493 e. The summed E-state index contributed by atoms with van der Waals surface area (Å²) in [5, 5.41) is 0.208. The average Bonchev–Trinajstić information content (AvgIpc) is 2.88. The normalized spacial score (nSPS) is 11.9. The molecule has 12 heteroatoms. The molecule has 36 heavy (non-hydrogen) atoms. The van der Waals surface area contributed by atoms with E-state index in [2.05, 4.69) is 9.97 Å². The maximum absolute atomic E-state index is 15.4. The van der Waals surface area contributed by atoms with Crippen LogP contribution in [0.15, 0.2) is 59.9 Å². The van der Waals surface area contributed by atoms with Gasteiger partial charge in [-0.1, -0.05) is 0 Å². The van der Waals surface area contributed by atoms with E-state index in [1.165, 1.54) is 48.5 Å². The minimum atomic E-state index is -1.60. The fourth-order valence-corrected chi connectivity index (χ4v) is 3.99. The number of hydrogen-bond acceptors (Lipinski definition) is 8. The van der Waals surface area contributed by atoms with Crippen molar-refractivity contribution in [3.63, 3.8) is 0 Å². The van der Waals surface area contributed by atoms with Crippen molar-refractivity contribution in [3.05, 3.63) is 77.1 Å². The third-order valence-corrected chi connectivity index (χ3v) is 5.86. The molecule has 9 nitrogen and oxygen atoms in total. The summed E-state index contributed by atoms with van der Waals surface area (Å²) in [6, 6.07) is 9.10. The molecule has 0 bridgehead atoms. The van der Waals surface area contributed by atoms with Crippen molar-refractivity contribution in [1.82, 2.24) is 14.5 Å². The van der Waals surface area contributed by atoms with E-state index in [1.807, 2.05) is 0 Å². The molecule has 2 aromatic carbocycles. The average molecular weight is 517 g/mol. The number of nitrogens with zero attached hydrogens (tertiary/aromatic N) is 4. The Morgan fingerprint density at radius 3 is 2.42 bits per heavy atom. The molecule has 1 unspecified atom stereocenters. The summed E-state index contributed by atoms with van der Waals surface area (Å²) in [7, 11) is 2.49. The molecule has 0 saturated heterocycles. The van der Waals surface area contributed by atoms with Crippen LogP contribution in [0, 0.1) is 11.6 Å². The molecule has 4 rings (SSSR count). The van der Waals surface area contributed by atoms with Gasteiger partial charge in [-0.15, -0.1) is 0 Å². The van der Waals surface area contributed by atoms with Crippen molar-refractivity contribution < 1.29 is 26.6 Å². The Morgan fingerprint density at radius 2 is 1.81 bits per heavy atom. The fourth-order valence-electron chi connectivity index (χ4n) is 3.68. The Morgan fingerprint density at radius 1 is 1.08 bits per heavy atom. The summed E-state index contributed by atoms with van der Waals surface area (Å²) in [6.45, 7) is -0.237. The monoisotopic (exact) mass is 516 g/mol. The first-order valence-corrected chi connectivity index (χ1v) is 12.1. The van der Waals surface area contributed by atoms with E-state index in [9.17, 15) is 9.00 Å². The fraction of sp³-hybridized carbons (Fsp3) is 0.208. The topological polar surface area (TPSA) is 95.8 Å². The van der Waals surface area contributed by atoms with Gasteiger partial charge < -0.3 is 14.4 Å². The molecule has 1 atom stereocenters. The van der Waals surface area contributed by atoms with Crippen LogP contribution in [0.5, 0.6) is 11.5 Å². The zero-order chi connectivity index (χ0) is 25.8. The first-order chi connectivity index (χ1) is 17.3. The van der Waals surface area contributed by atoms with Gasteiger partial charge in [0.15, 0.2) is 34.2 Å². The maximum Gasteiger partial charge on any atom is 0.265 e. The van der Waals surface area contributed by atoms with E-state index in [0.29, 0.717) is 11.2 Å². The number of benzene rings is 2. The smallest absolute Gasteiger partial charge is 0.265 e. The Labute approximate surface area is 207 Å². The SMILES string of the molecule is COc1cc(OC)c(F)c(N(CCOS(C)=O)c2ccc3ncn(-c4cccnc4)c(=O)c3c2)c1F. The van der Waals surface area contributed by atoms with E-state index in [0.717, 1.165) is 6.07 Å². The molecule has 0 saturated carbocycles. The van der Waals surface area contributed by atoms with Crippen molar-refractivity contribution in [3.8, 4) is 17.2 Å². The van der Waals surface area contributed by atoms with Gasteiger partial charge in [0.2, 0.25) is 0 Å². The standard InChI is InChI=1S/C24H22F2N4O5S/c1-33-19-12-20(34-2)22(26)23(21(19)25)29(9-10-35-36(3)32)15-6-7-18-17(11-15)24(31)30(14-28-18)16-5-4-8-27-13-16/h4-8,11-14H,9-10H2,1-3H3. The third-order valence-electron chi connectivity index (χ3n) is 5.36. The number of ether oxygens (including phenoxy) is 2. The molecule has 0 amide bonds. The second kappa shape index (κ2) is 10.8. The molecule has 0 fully saturated rings. The van der Waals surface area contributed by atoms with Crippen LogP contribution in [0.3, 0.4) is 0 Å². The van der Waals surface area contributed by atoms with Gasteiger partial charge in [0, 0.05) is 30.8 Å². The van der Waals surface area contributed by atoms with Gasteiger partial charge >= 0.3 is 0 Å². The molecule has 0 aliphatic carbocycles. The number of pyridine rings is 1. The number of halogens is 2. The number of methoxy groups -OCH3 is 2.